The van der Waals surface area contributed by atoms with Crippen LogP contribution < -0.4 is 15.6 Å². The van der Waals surface area contributed by atoms with E-state index in [1.54, 1.807) is 12.1 Å². The van der Waals surface area contributed by atoms with Gasteiger partial charge in [-0.15, -0.1) is 0 Å². The topological polar surface area (TPSA) is 84.3 Å². The Morgan fingerprint density at radius 3 is 2.32 bits per heavy atom. The van der Waals surface area contributed by atoms with E-state index in [9.17, 15) is 14.4 Å². The maximum atomic E-state index is 13.3. The third kappa shape index (κ3) is 3.32. The Labute approximate surface area is 179 Å². The molecule has 0 saturated carbocycles. The molecule has 0 saturated heterocycles. The normalized spacial score (nSPS) is 11.2. The lowest BCUT2D eigenvalue weighted by Crippen LogP contribution is -2.24. The number of aromatic nitrogens is 2. The highest BCUT2D eigenvalue weighted by atomic mass is 16.2. The van der Waals surface area contributed by atoms with Gasteiger partial charge in [-0.3, -0.25) is 19.0 Å². The summed E-state index contributed by atoms with van der Waals surface area (Å²) in [4.78, 5) is 45.1. The van der Waals surface area contributed by atoms with Gasteiger partial charge in [0.2, 0.25) is 17.2 Å². The number of carbonyl (C=O) groups is 2. The molecule has 0 bridgehead atoms. The first-order valence-electron chi connectivity index (χ1n) is 10.3. The lowest BCUT2D eigenvalue weighted by molar-refractivity contribution is -0.114. The zero-order valence-electron chi connectivity index (χ0n) is 18.0. The fraction of sp³-hybridized carbons (Fsp3) is 0.250. The van der Waals surface area contributed by atoms with Crippen molar-refractivity contribution in [3.8, 4) is 11.4 Å². The Morgan fingerprint density at radius 2 is 1.71 bits per heavy atom. The van der Waals surface area contributed by atoms with Crippen molar-refractivity contribution in [2.45, 2.75) is 27.7 Å². The van der Waals surface area contributed by atoms with Gasteiger partial charge in [-0.25, -0.2) is 4.98 Å². The summed E-state index contributed by atoms with van der Waals surface area (Å²) in [6, 6.07) is 12.9. The van der Waals surface area contributed by atoms with Crippen molar-refractivity contribution in [3.63, 3.8) is 0 Å². The first-order chi connectivity index (χ1) is 14.9. The van der Waals surface area contributed by atoms with Crippen LogP contribution in [0, 0.1) is 0 Å². The van der Waals surface area contributed by atoms with Crippen LogP contribution in [-0.2, 0) is 4.79 Å². The van der Waals surface area contributed by atoms with Gasteiger partial charge in [-0.2, -0.15) is 0 Å². The third-order valence-electron chi connectivity index (χ3n) is 5.52. The van der Waals surface area contributed by atoms with E-state index in [1.807, 2.05) is 30.3 Å². The molecule has 0 spiro atoms. The number of anilines is 2. The molecule has 4 rings (SSSR count). The van der Waals surface area contributed by atoms with Crippen LogP contribution in [0.25, 0.3) is 33.2 Å². The first-order valence-corrected chi connectivity index (χ1v) is 10.3. The summed E-state index contributed by atoms with van der Waals surface area (Å²) in [7, 11) is 0. The molecule has 158 valence electrons. The van der Waals surface area contributed by atoms with Crippen LogP contribution in [0.1, 0.15) is 32.5 Å². The zero-order valence-corrected chi connectivity index (χ0v) is 18.0. The van der Waals surface area contributed by atoms with E-state index in [0.29, 0.717) is 33.2 Å². The average molecular weight is 416 g/mol. The Hall–Kier alpha value is -3.74. The van der Waals surface area contributed by atoms with Gasteiger partial charge in [-0.1, -0.05) is 24.3 Å². The van der Waals surface area contributed by atoms with Gasteiger partial charge in [0, 0.05) is 43.4 Å². The molecule has 2 aromatic rings. The highest BCUT2D eigenvalue weighted by Gasteiger charge is 2.26. The van der Waals surface area contributed by atoms with Crippen molar-refractivity contribution in [3.05, 3.63) is 52.7 Å². The SMILES string of the molecule is CCN(CC)c1ccc2nc3c4ccccc4c(=O)c(NC(C)=O)c-3n(C(C)=O)c2c1. The molecule has 1 aliphatic carbocycles. The van der Waals surface area contributed by atoms with Crippen LogP contribution >= 0.6 is 0 Å². The summed E-state index contributed by atoms with van der Waals surface area (Å²) >= 11 is 0. The number of rotatable bonds is 4. The molecular formula is C24H24N4O3. The predicted molar refractivity (Wildman–Crippen MR) is 124 cm³/mol. The Kier molecular flexibility index (Phi) is 5.19. The molecule has 0 radical (unpaired) electrons. The molecular weight excluding hydrogens is 392 g/mol. The van der Waals surface area contributed by atoms with E-state index in [-0.39, 0.29) is 22.9 Å². The van der Waals surface area contributed by atoms with E-state index in [2.05, 4.69) is 24.1 Å². The van der Waals surface area contributed by atoms with Crippen molar-refractivity contribution in [1.82, 2.24) is 9.55 Å². The fourth-order valence-corrected chi connectivity index (χ4v) is 4.14. The lowest BCUT2D eigenvalue weighted by atomic mass is 10.0. The first kappa shape index (κ1) is 20.5. The molecule has 1 aliphatic heterocycles. The second kappa shape index (κ2) is 7.83. The van der Waals surface area contributed by atoms with Crippen LogP contribution in [0.2, 0.25) is 0 Å². The van der Waals surface area contributed by atoms with E-state index >= 15 is 0 Å². The molecule has 0 fully saturated rings. The molecule has 2 aliphatic rings. The summed E-state index contributed by atoms with van der Waals surface area (Å²) in [5.74, 6) is -0.656. The van der Waals surface area contributed by atoms with Crippen LogP contribution in [0.3, 0.4) is 0 Å². The summed E-state index contributed by atoms with van der Waals surface area (Å²) in [6.07, 6.45) is 0. The minimum atomic E-state index is -0.388. The molecule has 1 N–H and O–H groups in total. The second-order valence-corrected chi connectivity index (χ2v) is 7.44. The number of amides is 1. The summed E-state index contributed by atoms with van der Waals surface area (Å²) in [5, 5.41) is 3.74. The number of hydrogen-bond donors (Lipinski definition) is 1. The predicted octanol–water partition coefficient (Wildman–Crippen LogP) is 4.12. The second-order valence-electron chi connectivity index (χ2n) is 7.44. The van der Waals surface area contributed by atoms with Crippen molar-refractivity contribution in [1.29, 1.82) is 0 Å². The minimum absolute atomic E-state index is 0.0686. The minimum Gasteiger partial charge on any atom is -0.372 e. The molecule has 7 nitrogen and oxygen atoms in total. The van der Waals surface area contributed by atoms with Gasteiger partial charge in [-0.05, 0) is 32.0 Å². The van der Waals surface area contributed by atoms with Gasteiger partial charge in [0.05, 0.1) is 16.7 Å². The smallest absolute Gasteiger partial charge is 0.228 e. The standard InChI is InChI=1S/C24H24N4O3/c1-5-27(6-2)16-11-12-19-20(13-16)28(15(4)30)23-21(26-19)17-9-7-8-10-18(17)24(31)22(23)25-14(3)29/h7-13H,5-6H2,1-4H3,(H,25,29). The number of hydrogen-bond acceptors (Lipinski definition) is 5. The molecule has 0 atom stereocenters. The van der Waals surface area contributed by atoms with Crippen molar-refractivity contribution in [2.24, 2.45) is 0 Å². The highest BCUT2D eigenvalue weighted by Crippen LogP contribution is 2.36. The lowest BCUT2D eigenvalue weighted by Gasteiger charge is -2.24. The number of nitrogens with zero attached hydrogens (tertiary/aromatic N) is 3. The average Bonchev–Trinajstić information content (AvgIpc) is 2.75. The number of fused-ring (bicyclic) bond motifs is 4. The monoisotopic (exact) mass is 416 g/mol. The summed E-state index contributed by atoms with van der Waals surface area (Å²) < 4.78 is 1.49. The molecule has 7 heteroatoms. The molecule has 2 aromatic carbocycles. The van der Waals surface area contributed by atoms with Gasteiger partial charge < -0.3 is 10.2 Å². The highest BCUT2D eigenvalue weighted by molar-refractivity contribution is 6.09. The third-order valence-corrected chi connectivity index (χ3v) is 5.52. The molecule has 1 heterocycles. The van der Waals surface area contributed by atoms with Crippen LogP contribution in [0.5, 0.6) is 0 Å². The maximum Gasteiger partial charge on any atom is 0.228 e. The summed E-state index contributed by atoms with van der Waals surface area (Å²) in [6.45, 7) is 8.54. The van der Waals surface area contributed by atoms with Crippen LogP contribution in [0.4, 0.5) is 11.4 Å². The molecule has 1 amide bonds. The van der Waals surface area contributed by atoms with Crippen LogP contribution in [-0.4, -0.2) is 34.5 Å². The van der Waals surface area contributed by atoms with Crippen molar-refractivity contribution in [2.75, 3.05) is 23.3 Å². The Morgan fingerprint density at radius 1 is 1.03 bits per heavy atom. The van der Waals surface area contributed by atoms with E-state index in [4.69, 9.17) is 4.98 Å². The van der Waals surface area contributed by atoms with Crippen molar-refractivity contribution < 1.29 is 9.59 Å². The van der Waals surface area contributed by atoms with E-state index in [1.165, 1.54) is 18.4 Å². The van der Waals surface area contributed by atoms with E-state index < -0.39 is 0 Å². The van der Waals surface area contributed by atoms with Crippen LogP contribution in [0.15, 0.2) is 47.3 Å². The zero-order chi connectivity index (χ0) is 22.3. The van der Waals surface area contributed by atoms with Gasteiger partial charge in [0.1, 0.15) is 11.4 Å². The maximum absolute atomic E-state index is 13.3. The van der Waals surface area contributed by atoms with Gasteiger partial charge in [0.25, 0.3) is 0 Å². The quantitative estimate of drug-likeness (QED) is 0.400. The number of benzene rings is 3. The molecule has 31 heavy (non-hydrogen) atoms. The fourth-order valence-electron chi connectivity index (χ4n) is 4.14. The number of nitrogens with one attached hydrogen (secondary N) is 1. The molecule has 0 unspecified atom stereocenters. The molecule has 0 aromatic heterocycles. The Bertz CT molecular complexity index is 1370. The largest absolute Gasteiger partial charge is 0.372 e. The Balaban J connectivity index is 2.24. The van der Waals surface area contributed by atoms with Gasteiger partial charge in [0.15, 0.2) is 0 Å². The van der Waals surface area contributed by atoms with Gasteiger partial charge >= 0.3 is 0 Å². The van der Waals surface area contributed by atoms with Crippen molar-refractivity contribution >= 4 is 45.0 Å². The van der Waals surface area contributed by atoms with E-state index in [0.717, 1.165) is 18.8 Å². The number of carbonyl (C=O) groups excluding carboxylic acids is 2. The summed E-state index contributed by atoms with van der Waals surface area (Å²) in [5.41, 5.74) is 2.72.